The summed E-state index contributed by atoms with van der Waals surface area (Å²) in [5.41, 5.74) is 0.757. The minimum absolute atomic E-state index is 0.143. The quantitative estimate of drug-likeness (QED) is 0.903. The topological polar surface area (TPSA) is 66.8 Å². The van der Waals surface area contributed by atoms with Gasteiger partial charge in [0.1, 0.15) is 6.10 Å². The highest BCUT2D eigenvalue weighted by atomic mass is 19.2. The van der Waals surface area contributed by atoms with Crippen LogP contribution in [0, 0.1) is 17.6 Å². The van der Waals surface area contributed by atoms with Crippen molar-refractivity contribution in [3.8, 4) is 0 Å². The first-order valence-corrected chi connectivity index (χ1v) is 8.55. The van der Waals surface area contributed by atoms with Gasteiger partial charge in [-0.15, -0.1) is 0 Å². The zero-order valence-electron chi connectivity index (χ0n) is 13.8. The van der Waals surface area contributed by atoms with E-state index in [9.17, 15) is 18.4 Å². The van der Waals surface area contributed by atoms with Crippen molar-refractivity contribution in [3.05, 3.63) is 35.4 Å². The Morgan fingerprint density at radius 1 is 1.08 bits per heavy atom. The number of nitrogens with zero attached hydrogens (tertiary/aromatic N) is 1. The van der Waals surface area contributed by atoms with Gasteiger partial charge in [-0.2, -0.15) is 0 Å². The Morgan fingerprint density at radius 2 is 1.76 bits per heavy atom. The number of benzene rings is 1. The zero-order valence-corrected chi connectivity index (χ0v) is 13.8. The van der Waals surface area contributed by atoms with Crippen molar-refractivity contribution in [1.82, 2.24) is 4.90 Å². The van der Waals surface area contributed by atoms with Crippen LogP contribution in [-0.4, -0.2) is 47.2 Å². The van der Waals surface area contributed by atoms with Gasteiger partial charge in [0, 0.05) is 13.1 Å². The third-order valence-corrected chi connectivity index (χ3v) is 5.01. The molecule has 1 aromatic rings. The van der Waals surface area contributed by atoms with E-state index >= 15 is 0 Å². The van der Waals surface area contributed by atoms with E-state index < -0.39 is 29.8 Å². The third kappa shape index (κ3) is 4.15. The van der Waals surface area contributed by atoms with E-state index in [1.165, 1.54) is 6.07 Å². The molecule has 0 unspecified atom stereocenters. The molecular weight excluding hydrogens is 332 g/mol. The predicted octanol–water partition coefficient (Wildman–Crippen LogP) is 2.38. The van der Waals surface area contributed by atoms with Crippen LogP contribution >= 0.6 is 0 Å². The standard InChI is InChI=1S/C18H21F2NO4/c19-13-2-1-12(10-14(13)20)9-11-5-7-21(8-6-11)17(22)15-3-4-16(25-15)18(23)24/h1-2,10-11,15-16H,3-9H2,(H,23,24)/t15-,16+/m0/s1. The summed E-state index contributed by atoms with van der Waals surface area (Å²) < 4.78 is 31.6. The number of ether oxygens (including phenoxy) is 1. The minimum atomic E-state index is -1.03. The second-order valence-electron chi connectivity index (χ2n) is 6.75. The fourth-order valence-electron chi connectivity index (χ4n) is 3.56. The normalized spacial score (nSPS) is 24.5. The van der Waals surface area contributed by atoms with E-state index in [0.29, 0.717) is 38.3 Å². The van der Waals surface area contributed by atoms with Crippen LogP contribution in [0.25, 0.3) is 0 Å². The average molecular weight is 353 g/mol. The number of halogens is 2. The summed E-state index contributed by atoms with van der Waals surface area (Å²) in [6.07, 6.45) is 1.45. The minimum Gasteiger partial charge on any atom is -0.479 e. The molecule has 1 aromatic carbocycles. The van der Waals surface area contributed by atoms with Crippen LogP contribution in [0.15, 0.2) is 18.2 Å². The largest absolute Gasteiger partial charge is 0.479 e. The van der Waals surface area contributed by atoms with Crippen molar-refractivity contribution in [3.63, 3.8) is 0 Å². The SMILES string of the molecule is O=C(O)[C@H]1CC[C@@H](C(=O)N2CCC(Cc3ccc(F)c(F)c3)CC2)O1. The average Bonchev–Trinajstić information content (AvgIpc) is 3.09. The van der Waals surface area contributed by atoms with E-state index in [2.05, 4.69) is 0 Å². The maximum atomic E-state index is 13.3. The van der Waals surface area contributed by atoms with Crippen molar-refractivity contribution in [2.24, 2.45) is 5.92 Å². The Labute approximate surface area is 144 Å². The Morgan fingerprint density at radius 3 is 2.36 bits per heavy atom. The van der Waals surface area contributed by atoms with Crippen LogP contribution in [0.1, 0.15) is 31.2 Å². The molecule has 0 aliphatic carbocycles. The number of carbonyl (C=O) groups is 2. The Kier molecular flexibility index (Phi) is 5.32. The van der Waals surface area contributed by atoms with Crippen LogP contribution in [0.4, 0.5) is 8.78 Å². The van der Waals surface area contributed by atoms with Gasteiger partial charge in [0.2, 0.25) is 0 Å². The summed E-state index contributed by atoms with van der Waals surface area (Å²) in [6, 6.07) is 3.96. The van der Waals surface area contributed by atoms with Gasteiger partial charge < -0.3 is 14.7 Å². The highest BCUT2D eigenvalue weighted by molar-refractivity contribution is 5.82. The molecule has 2 aliphatic rings. The molecule has 2 saturated heterocycles. The van der Waals surface area contributed by atoms with Gasteiger partial charge in [0.15, 0.2) is 17.7 Å². The summed E-state index contributed by atoms with van der Waals surface area (Å²) in [6.45, 7) is 1.15. The van der Waals surface area contributed by atoms with E-state index in [0.717, 1.165) is 24.5 Å². The second kappa shape index (κ2) is 7.47. The van der Waals surface area contributed by atoms with Crippen LogP contribution in [-0.2, 0) is 20.7 Å². The molecule has 2 aliphatic heterocycles. The van der Waals surface area contributed by atoms with Gasteiger partial charge in [-0.05, 0) is 55.7 Å². The molecule has 136 valence electrons. The maximum absolute atomic E-state index is 13.3. The molecule has 2 heterocycles. The first-order valence-electron chi connectivity index (χ1n) is 8.55. The summed E-state index contributed by atoms with van der Waals surface area (Å²) in [4.78, 5) is 25.1. The first kappa shape index (κ1) is 17.8. The smallest absolute Gasteiger partial charge is 0.332 e. The molecule has 1 amide bonds. The lowest BCUT2D eigenvalue weighted by Gasteiger charge is -2.33. The monoisotopic (exact) mass is 353 g/mol. The molecule has 0 radical (unpaired) electrons. The van der Waals surface area contributed by atoms with Crippen LogP contribution in [0.3, 0.4) is 0 Å². The number of aliphatic carboxylic acids is 1. The highest BCUT2D eigenvalue weighted by Crippen LogP contribution is 2.26. The highest BCUT2D eigenvalue weighted by Gasteiger charge is 2.37. The van der Waals surface area contributed by atoms with E-state index in [1.54, 1.807) is 11.0 Å². The molecule has 3 rings (SSSR count). The molecule has 0 spiro atoms. The van der Waals surface area contributed by atoms with Crippen LogP contribution in [0.5, 0.6) is 0 Å². The summed E-state index contributed by atoms with van der Waals surface area (Å²) in [5.74, 6) is -2.54. The number of piperidine rings is 1. The number of rotatable bonds is 4. The second-order valence-corrected chi connectivity index (χ2v) is 6.75. The number of hydrogen-bond acceptors (Lipinski definition) is 3. The van der Waals surface area contributed by atoms with Gasteiger partial charge in [-0.25, -0.2) is 13.6 Å². The fourth-order valence-corrected chi connectivity index (χ4v) is 3.56. The van der Waals surface area contributed by atoms with Crippen molar-refractivity contribution >= 4 is 11.9 Å². The van der Waals surface area contributed by atoms with Gasteiger partial charge in [-0.3, -0.25) is 4.79 Å². The number of carboxylic acid groups (broad SMARTS) is 1. The zero-order chi connectivity index (χ0) is 18.0. The van der Waals surface area contributed by atoms with Gasteiger partial charge in [0.05, 0.1) is 0 Å². The maximum Gasteiger partial charge on any atom is 0.332 e. The number of carbonyl (C=O) groups excluding carboxylic acids is 1. The molecule has 5 nitrogen and oxygen atoms in total. The lowest BCUT2D eigenvalue weighted by Crippen LogP contribution is -2.44. The van der Waals surface area contributed by atoms with E-state index in [4.69, 9.17) is 9.84 Å². The molecule has 25 heavy (non-hydrogen) atoms. The molecule has 0 aromatic heterocycles. The number of carboxylic acids is 1. The van der Waals surface area contributed by atoms with Gasteiger partial charge in [-0.1, -0.05) is 6.07 Å². The van der Waals surface area contributed by atoms with Crippen LogP contribution in [0.2, 0.25) is 0 Å². The molecule has 2 atom stereocenters. The third-order valence-electron chi connectivity index (χ3n) is 5.01. The van der Waals surface area contributed by atoms with E-state index in [-0.39, 0.29) is 5.91 Å². The number of likely N-dealkylation sites (tertiary alicyclic amines) is 1. The van der Waals surface area contributed by atoms with Crippen molar-refractivity contribution in [2.45, 2.75) is 44.3 Å². The van der Waals surface area contributed by atoms with Crippen molar-refractivity contribution in [1.29, 1.82) is 0 Å². The van der Waals surface area contributed by atoms with E-state index in [1.807, 2.05) is 0 Å². The molecular formula is C18H21F2NO4. The molecule has 1 N–H and O–H groups in total. The summed E-state index contributed by atoms with van der Waals surface area (Å²) in [5, 5.41) is 8.93. The van der Waals surface area contributed by atoms with Gasteiger partial charge in [0.25, 0.3) is 5.91 Å². The molecule has 2 fully saturated rings. The van der Waals surface area contributed by atoms with Crippen molar-refractivity contribution < 1.29 is 28.2 Å². The first-order chi connectivity index (χ1) is 11.9. The summed E-state index contributed by atoms with van der Waals surface area (Å²) >= 11 is 0. The van der Waals surface area contributed by atoms with Crippen LogP contribution < -0.4 is 0 Å². The van der Waals surface area contributed by atoms with Gasteiger partial charge >= 0.3 is 5.97 Å². The molecule has 7 heteroatoms. The lowest BCUT2D eigenvalue weighted by atomic mass is 9.90. The Bertz CT molecular complexity index is 658. The summed E-state index contributed by atoms with van der Waals surface area (Å²) in [7, 11) is 0. The number of amides is 1. The fraction of sp³-hybridized carbons (Fsp3) is 0.556. The lowest BCUT2D eigenvalue weighted by molar-refractivity contribution is -0.155. The molecule has 0 bridgehead atoms. The Hall–Kier alpha value is -2.02. The Balaban J connectivity index is 1.49. The number of hydrogen-bond donors (Lipinski definition) is 1. The molecule has 0 saturated carbocycles. The van der Waals surface area contributed by atoms with Crippen molar-refractivity contribution in [2.75, 3.05) is 13.1 Å². The predicted molar refractivity (Wildman–Crippen MR) is 84.9 cm³/mol.